The zero-order valence-corrected chi connectivity index (χ0v) is 33.8. The van der Waals surface area contributed by atoms with Gasteiger partial charge in [0.1, 0.15) is 11.2 Å². The molecule has 0 amide bonds. The van der Waals surface area contributed by atoms with Crippen molar-refractivity contribution in [3.8, 4) is 33.6 Å². The van der Waals surface area contributed by atoms with E-state index in [0.717, 1.165) is 51.3 Å². The van der Waals surface area contributed by atoms with Crippen LogP contribution < -0.4 is 0 Å². The van der Waals surface area contributed by atoms with Gasteiger partial charge in [-0.25, -0.2) is 0 Å². The van der Waals surface area contributed by atoms with Crippen molar-refractivity contribution in [2.24, 2.45) is 23.7 Å². The smallest absolute Gasteiger partial charge is 0.137 e. The van der Waals surface area contributed by atoms with Crippen LogP contribution in [0.5, 0.6) is 0 Å². The van der Waals surface area contributed by atoms with Gasteiger partial charge in [-0.3, -0.25) is 0 Å². The van der Waals surface area contributed by atoms with Crippen molar-refractivity contribution in [2.75, 3.05) is 0 Å². The molecule has 0 unspecified atom stereocenters. The second kappa shape index (κ2) is 11.7. The van der Waals surface area contributed by atoms with Gasteiger partial charge in [0, 0.05) is 55.2 Å². The van der Waals surface area contributed by atoms with Gasteiger partial charge in [-0.2, -0.15) is 0 Å². The van der Waals surface area contributed by atoms with Gasteiger partial charge in [-0.1, -0.05) is 97.1 Å². The molecule has 8 aromatic carbocycles. The van der Waals surface area contributed by atoms with Gasteiger partial charge in [-0.05, 0) is 156 Å². The van der Waals surface area contributed by atoms with E-state index in [-0.39, 0.29) is 5.41 Å². The quantitative estimate of drug-likeness (QED) is 0.175. The maximum Gasteiger partial charge on any atom is 0.137 e. The van der Waals surface area contributed by atoms with Crippen LogP contribution in [0.2, 0.25) is 0 Å². The van der Waals surface area contributed by atoms with Crippen LogP contribution in [-0.2, 0) is 5.41 Å². The number of furan rings is 1. The number of benzene rings is 8. The summed E-state index contributed by atoms with van der Waals surface area (Å²) >= 11 is 0. The summed E-state index contributed by atoms with van der Waals surface area (Å²) in [6.45, 7) is 0. The molecule has 1 spiro atoms. The number of aromatic nitrogens is 2. The first-order chi connectivity index (χ1) is 30.2. The normalized spacial score (nSPS) is 22.5. The van der Waals surface area contributed by atoms with Crippen molar-refractivity contribution in [2.45, 2.75) is 37.5 Å². The molecule has 61 heavy (non-hydrogen) atoms. The Bertz CT molecular complexity index is 3660. The Morgan fingerprint density at radius 1 is 0.377 bits per heavy atom. The van der Waals surface area contributed by atoms with E-state index in [1.54, 1.807) is 11.1 Å². The first-order valence-electron chi connectivity index (χ1n) is 22.4. The van der Waals surface area contributed by atoms with Crippen molar-refractivity contribution < 1.29 is 4.42 Å². The average molecular weight is 783 g/mol. The second-order valence-electron chi connectivity index (χ2n) is 18.9. The molecule has 3 aromatic heterocycles. The molecule has 290 valence electrons. The van der Waals surface area contributed by atoms with E-state index in [1.807, 2.05) is 6.07 Å². The standard InChI is InChI=1S/C58H42N2O/c1-5-13-50-42(9-1)43-21-19-40(32-51(43)58(50)38-26-34-25-35(28-38)29-39(58)27-34)59-52-14-6-2-10-44(52)48-30-36(17-23-54(48)59)37-18-24-55-49(31-37)45-11-3-7-15-53(45)60(55)41-20-22-47-46-12-4-8-16-56(46)61-57(47)33-41/h1-24,30-35,38-39H,25-29H2. The molecule has 0 radical (unpaired) electrons. The lowest BCUT2D eigenvalue weighted by molar-refractivity contribution is -0.0399. The van der Waals surface area contributed by atoms with Crippen molar-refractivity contribution >= 4 is 65.6 Å². The zero-order chi connectivity index (χ0) is 39.6. The summed E-state index contributed by atoms with van der Waals surface area (Å²) in [7, 11) is 0. The Balaban J connectivity index is 0.881. The number of fused-ring (bicyclic) bond motifs is 12. The van der Waals surface area contributed by atoms with Gasteiger partial charge >= 0.3 is 0 Å². The minimum atomic E-state index is 0.142. The molecule has 5 aliphatic rings. The molecule has 3 heteroatoms. The van der Waals surface area contributed by atoms with Crippen LogP contribution in [0.4, 0.5) is 0 Å². The van der Waals surface area contributed by atoms with Crippen LogP contribution in [0.1, 0.15) is 43.2 Å². The van der Waals surface area contributed by atoms with Gasteiger partial charge in [-0.15, -0.1) is 0 Å². The molecule has 0 N–H and O–H groups in total. The molecule has 0 atom stereocenters. The zero-order valence-electron chi connectivity index (χ0n) is 33.8. The minimum absolute atomic E-state index is 0.142. The summed E-state index contributed by atoms with van der Waals surface area (Å²) in [6, 6.07) is 63.9. The number of hydrogen-bond acceptors (Lipinski definition) is 1. The van der Waals surface area contributed by atoms with Gasteiger partial charge in [0.05, 0.1) is 22.1 Å². The molecule has 11 aromatic rings. The summed E-state index contributed by atoms with van der Waals surface area (Å²) in [6.07, 6.45) is 7.06. The third kappa shape index (κ3) is 4.24. The summed E-state index contributed by atoms with van der Waals surface area (Å²) in [5, 5.41) is 7.39. The van der Waals surface area contributed by atoms with Crippen molar-refractivity contribution in [1.82, 2.24) is 9.13 Å². The molecule has 16 rings (SSSR count). The first kappa shape index (κ1) is 32.9. The number of para-hydroxylation sites is 3. The van der Waals surface area contributed by atoms with Crippen molar-refractivity contribution in [3.05, 3.63) is 181 Å². The summed E-state index contributed by atoms with van der Waals surface area (Å²) < 4.78 is 11.3. The molecule has 3 heterocycles. The fourth-order valence-electron chi connectivity index (χ4n) is 14.0. The Labute approximate surface area is 353 Å². The Kier molecular flexibility index (Phi) is 6.32. The highest BCUT2D eigenvalue weighted by atomic mass is 16.3. The first-order valence-corrected chi connectivity index (χ1v) is 22.4. The van der Waals surface area contributed by atoms with Crippen molar-refractivity contribution in [3.63, 3.8) is 0 Å². The topological polar surface area (TPSA) is 23.0 Å². The van der Waals surface area contributed by atoms with Crippen LogP contribution >= 0.6 is 0 Å². The minimum Gasteiger partial charge on any atom is -0.456 e. The van der Waals surface area contributed by atoms with E-state index < -0.39 is 0 Å². The van der Waals surface area contributed by atoms with Crippen molar-refractivity contribution in [1.29, 1.82) is 0 Å². The maximum atomic E-state index is 6.35. The number of nitrogens with zero attached hydrogens (tertiary/aromatic N) is 2. The lowest BCUT2D eigenvalue weighted by atomic mass is 9.43. The fraction of sp³-hybridized carbons (Fsp3) is 0.172. The average Bonchev–Trinajstić information content (AvgIpc) is 4.02. The summed E-state index contributed by atoms with van der Waals surface area (Å²) in [5.74, 6) is 3.34. The molecular formula is C58H42N2O. The molecule has 5 aliphatic carbocycles. The molecule has 0 saturated heterocycles. The summed E-state index contributed by atoms with van der Waals surface area (Å²) in [5.41, 5.74) is 17.9. The third-order valence-electron chi connectivity index (χ3n) is 16.1. The number of hydrogen-bond donors (Lipinski definition) is 0. The highest BCUT2D eigenvalue weighted by Crippen LogP contribution is 2.69. The Hall–Kier alpha value is -6.84. The predicted octanol–water partition coefficient (Wildman–Crippen LogP) is 15.2. The van der Waals surface area contributed by atoms with Gasteiger partial charge in [0.2, 0.25) is 0 Å². The molecule has 3 nitrogen and oxygen atoms in total. The third-order valence-corrected chi connectivity index (χ3v) is 16.1. The van der Waals surface area contributed by atoms with E-state index in [2.05, 4.69) is 173 Å². The van der Waals surface area contributed by atoms with Crippen LogP contribution in [0.15, 0.2) is 174 Å². The Morgan fingerprint density at radius 3 is 1.59 bits per heavy atom. The van der Waals surface area contributed by atoms with E-state index >= 15 is 0 Å². The highest BCUT2D eigenvalue weighted by molar-refractivity contribution is 6.13. The van der Waals surface area contributed by atoms with Gasteiger partial charge in [0.15, 0.2) is 0 Å². The largest absolute Gasteiger partial charge is 0.456 e. The SMILES string of the molecule is c1ccc2c(c1)-c1ccc(-n3c4ccccc4c4cc(-c5ccc6c(c5)c5ccccc5n6-c5ccc6c(c5)oc5ccccc56)ccc43)cc1C21C2CC3CC(C2)CC1C3. The molecule has 0 aliphatic heterocycles. The monoisotopic (exact) mass is 782 g/mol. The molecule has 4 fully saturated rings. The molecule has 4 bridgehead atoms. The van der Waals surface area contributed by atoms with E-state index in [4.69, 9.17) is 4.42 Å². The van der Waals surface area contributed by atoms with E-state index in [0.29, 0.717) is 0 Å². The lowest BCUT2D eigenvalue weighted by Crippen LogP contribution is -2.55. The summed E-state index contributed by atoms with van der Waals surface area (Å²) in [4.78, 5) is 0. The fourth-order valence-corrected chi connectivity index (χ4v) is 14.0. The van der Waals surface area contributed by atoms with Crippen LogP contribution in [0.25, 0.3) is 99.2 Å². The van der Waals surface area contributed by atoms with E-state index in [1.165, 1.54) is 104 Å². The Morgan fingerprint density at radius 2 is 0.902 bits per heavy atom. The second-order valence-corrected chi connectivity index (χ2v) is 18.9. The maximum absolute atomic E-state index is 6.35. The lowest BCUT2D eigenvalue weighted by Gasteiger charge is -2.61. The predicted molar refractivity (Wildman–Crippen MR) is 251 cm³/mol. The van der Waals surface area contributed by atoms with Crippen LogP contribution in [0, 0.1) is 23.7 Å². The molecular weight excluding hydrogens is 741 g/mol. The van der Waals surface area contributed by atoms with Crippen LogP contribution in [-0.4, -0.2) is 9.13 Å². The number of rotatable bonds is 3. The van der Waals surface area contributed by atoms with Gasteiger partial charge in [0.25, 0.3) is 0 Å². The highest BCUT2D eigenvalue weighted by Gasteiger charge is 2.61. The van der Waals surface area contributed by atoms with Gasteiger partial charge < -0.3 is 13.6 Å². The van der Waals surface area contributed by atoms with E-state index in [9.17, 15) is 0 Å². The van der Waals surface area contributed by atoms with Crippen LogP contribution in [0.3, 0.4) is 0 Å². The molecule has 4 saturated carbocycles.